The van der Waals surface area contributed by atoms with Crippen molar-refractivity contribution in [3.8, 4) is 0 Å². The van der Waals surface area contributed by atoms with Gasteiger partial charge in [-0.3, -0.25) is 5.01 Å². The van der Waals surface area contributed by atoms with Crippen LogP contribution in [0.4, 0.5) is 13.2 Å². The van der Waals surface area contributed by atoms with Gasteiger partial charge in [-0.1, -0.05) is 0 Å². The Balaban J connectivity index is 2.20. The van der Waals surface area contributed by atoms with Crippen LogP contribution in [0.1, 0.15) is 32.6 Å². The van der Waals surface area contributed by atoms with E-state index in [0.29, 0.717) is 6.04 Å². The minimum absolute atomic E-state index is 0.0211. The normalized spacial score (nSPS) is 23.7. The molecule has 1 aliphatic rings. The average Bonchev–Trinajstić information content (AvgIpc) is 2.44. The highest BCUT2D eigenvalue weighted by Gasteiger charge is 2.25. The first-order valence-corrected chi connectivity index (χ1v) is 4.85. The standard InChI is InChI=1S/C9H15F3N2/c1-8-4-2-7-14(8)13-6-3-5-9(10,11)12/h6,8H,2-5,7H2,1H3/b13-6+/t8-/m1/s1. The highest BCUT2D eigenvalue weighted by Crippen LogP contribution is 2.21. The minimum Gasteiger partial charge on any atom is -0.295 e. The number of nitrogens with zero attached hydrogens (tertiary/aromatic N) is 2. The van der Waals surface area contributed by atoms with Crippen molar-refractivity contribution in [3.05, 3.63) is 0 Å². The molecular weight excluding hydrogens is 193 g/mol. The van der Waals surface area contributed by atoms with Crippen molar-refractivity contribution in [1.29, 1.82) is 0 Å². The summed E-state index contributed by atoms with van der Waals surface area (Å²) in [6.07, 6.45) is -1.34. The van der Waals surface area contributed by atoms with Gasteiger partial charge in [0.2, 0.25) is 0 Å². The molecule has 0 spiro atoms. The van der Waals surface area contributed by atoms with E-state index in [9.17, 15) is 13.2 Å². The van der Waals surface area contributed by atoms with Gasteiger partial charge in [0.15, 0.2) is 0 Å². The maximum Gasteiger partial charge on any atom is 0.389 e. The molecule has 0 unspecified atom stereocenters. The van der Waals surface area contributed by atoms with Crippen LogP contribution in [0.3, 0.4) is 0 Å². The Morgan fingerprint density at radius 3 is 2.71 bits per heavy atom. The maximum atomic E-state index is 11.8. The van der Waals surface area contributed by atoms with Gasteiger partial charge in [-0.05, 0) is 26.2 Å². The van der Waals surface area contributed by atoms with E-state index in [0.717, 1.165) is 19.4 Å². The lowest BCUT2D eigenvalue weighted by Gasteiger charge is -2.16. The number of rotatable bonds is 3. The molecule has 0 radical (unpaired) electrons. The van der Waals surface area contributed by atoms with Crippen LogP contribution < -0.4 is 0 Å². The Hall–Kier alpha value is -0.740. The average molecular weight is 208 g/mol. The second kappa shape index (κ2) is 4.66. The van der Waals surface area contributed by atoms with Crippen molar-refractivity contribution in [3.63, 3.8) is 0 Å². The molecule has 0 amide bonds. The van der Waals surface area contributed by atoms with Gasteiger partial charge in [-0.25, -0.2) is 0 Å². The van der Waals surface area contributed by atoms with Crippen LogP contribution in [0.15, 0.2) is 5.10 Å². The van der Waals surface area contributed by atoms with E-state index < -0.39 is 12.6 Å². The third-order valence-corrected chi connectivity index (χ3v) is 2.30. The summed E-state index contributed by atoms with van der Waals surface area (Å²) >= 11 is 0. The molecule has 5 heteroatoms. The van der Waals surface area contributed by atoms with Crippen molar-refractivity contribution >= 4 is 6.21 Å². The van der Waals surface area contributed by atoms with Crippen LogP contribution in [0, 0.1) is 0 Å². The minimum atomic E-state index is -4.07. The second-order valence-electron chi connectivity index (χ2n) is 3.61. The number of hydrogen-bond donors (Lipinski definition) is 0. The summed E-state index contributed by atoms with van der Waals surface area (Å²) in [5.41, 5.74) is 0. The fourth-order valence-electron chi connectivity index (χ4n) is 1.48. The Kier molecular flexibility index (Phi) is 3.77. The first-order chi connectivity index (χ1) is 6.49. The molecule has 0 aromatic heterocycles. The van der Waals surface area contributed by atoms with Gasteiger partial charge in [-0.2, -0.15) is 18.3 Å². The van der Waals surface area contributed by atoms with E-state index in [-0.39, 0.29) is 6.42 Å². The Morgan fingerprint density at radius 1 is 1.50 bits per heavy atom. The highest BCUT2D eigenvalue weighted by atomic mass is 19.4. The zero-order valence-corrected chi connectivity index (χ0v) is 8.22. The summed E-state index contributed by atoms with van der Waals surface area (Å²) in [7, 11) is 0. The van der Waals surface area contributed by atoms with E-state index in [1.54, 1.807) is 0 Å². The number of halogens is 3. The molecule has 1 heterocycles. The summed E-state index contributed by atoms with van der Waals surface area (Å²) < 4.78 is 35.3. The predicted octanol–water partition coefficient (Wildman–Crippen LogP) is 2.80. The lowest BCUT2D eigenvalue weighted by molar-refractivity contribution is -0.132. The molecule has 0 aliphatic carbocycles. The Labute approximate surface area is 81.8 Å². The Bertz CT molecular complexity index is 201. The first kappa shape index (κ1) is 11.3. The third-order valence-electron chi connectivity index (χ3n) is 2.30. The molecule has 1 saturated heterocycles. The zero-order valence-electron chi connectivity index (χ0n) is 8.22. The molecule has 0 saturated carbocycles. The first-order valence-electron chi connectivity index (χ1n) is 4.85. The molecule has 2 nitrogen and oxygen atoms in total. The summed E-state index contributed by atoms with van der Waals surface area (Å²) in [4.78, 5) is 0. The summed E-state index contributed by atoms with van der Waals surface area (Å²) in [5.74, 6) is 0. The van der Waals surface area contributed by atoms with Gasteiger partial charge >= 0.3 is 6.18 Å². The predicted molar refractivity (Wildman–Crippen MR) is 49.2 cm³/mol. The van der Waals surface area contributed by atoms with Crippen LogP contribution in [0.25, 0.3) is 0 Å². The molecule has 1 aliphatic heterocycles. The summed E-state index contributed by atoms with van der Waals surface area (Å²) in [5, 5.41) is 5.87. The molecule has 0 N–H and O–H groups in total. The van der Waals surface area contributed by atoms with Gasteiger partial charge in [0.05, 0.1) is 0 Å². The van der Waals surface area contributed by atoms with E-state index in [2.05, 4.69) is 5.10 Å². The quantitative estimate of drug-likeness (QED) is 0.651. The molecule has 1 rings (SSSR count). The van der Waals surface area contributed by atoms with Crippen molar-refractivity contribution in [2.45, 2.75) is 44.8 Å². The fraction of sp³-hybridized carbons (Fsp3) is 0.889. The van der Waals surface area contributed by atoms with Gasteiger partial charge in [0, 0.05) is 25.2 Å². The van der Waals surface area contributed by atoms with Crippen LogP contribution >= 0.6 is 0 Å². The topological polar surface area (TPSA) is 15.6 Å². The second-order valence-corrected chi connectivity index (χ2v) is 3.61. The van der Waals surface area contributed by atoms with Crippen LogP contribution in [0.5, 0.6) is 0 Å². The van der Waals surface area contributed by atoms with E-state index in [1.165, 1.54) is 6.21 Å². The van der Waals surface area contributed by atoms with Crippen molar-refractivity contribution in [2.24, 2.45) is 5.10 Å². The van der Waals surface area contributed by atoms with Gasteiger partial charge in [0.25, 0.3) is 0 Å². The Morgan fingerprint density at radius 2 is 2.21 bits per heavy atom. The third kappa shape index (κ3) is 3.98. The molecule has 0 bridgehead atoms. The fourth-order valence-corrected chi connectivity index (χ4v) is 1.48. The van der Waals surface area contributed by atoms with Crippen molar-refractivity contribution in [1.82, 2.24) is 5.01 Å². The zero-order chi connectivity index (χ0) is 10.6. The maximum absolute atomic E-state index is 11.8. The number of hydrogen-bond acceptors (Lipinski definition) is 2. The number of hydrazone groups is 1. The molecule has 0 aromatic rings. The van der Waals surface area contributed by atoms with Gasteiger partial charge in [0.1, 0.15) is 0 Å². The van der Waals surface area contributed by atoms with Gasteiger partial charge < -0.3 is 0 Å². The SMILES string of the molecule is C[C@@H]1CCCN1/N=C/CCC(F)(F)F. The van der Waals surface area contributed by atoms with Crippen LogP contribution in [0.2, 0.25) is 0 Å². The lowest BCUT2D eigenvalue weighted by Crippen LogP contribution is -2.20. The van der Waals surface area contributed by atoms with E-state index in [4.69, 9.17) is 0 Å². The molecular formula is C9H15F3N2. The molecule has 0 aromatic carbocycles. The molecule has 82 valence electrons. The van der Waals surface area contributed by atoms with Crippen molar-refractivity contribution in [2.75, 3.05) is 6.54 Å². The summed E-state index contributed by atoms with van der Waals surface area (Å²) in [6.45, 7) is 2.90. The van der Waals surface area contributed by atoms with E-state index >= 15 is 0 Å². The van der Waals surface area contributed by atoms with E-state index in [1.807, 2.05) is 11.9 Å². The summed E-state index contributed by atoms with van der Waals surface area (Å²) in [6, 6.07) is 0.372. The van der Waals surface area contributed by atoms with Gasteiger partial charge in [-0.15, -0.1) is 0 Å². The monoisotopic (exact) mass is 208 g/mol. The van der Waals surface area contributed by atoms with Crippen molar-refractivity contribution < 1.29 is 13.2 Å². The molecule has 14 heavy (non-hydrogen) atoms. The highest BCUT2D eigenvalue weighted by molar-refractivity contribution is 5.56. The molecule has 1 fully saturated rings. The number of alkyl halides is 3. The van der Waals surface area contributed by atoms with Crippen LogP contribution in [-0.2, 0) is 0 Å². The smallest absolute Gasteiger partial charge is 0.295 e. The largest absolute Gasteiger partial charge is 0.389 e. The van der Waals surface area contributed by atoms with Crippen LogP contribution in [-0.4, -0.2) is 30.0 Å². The molecule has 1 atom stereocenters. The lowest BCUT2D eigenvalue weighted by atomic mass is 10.3.